The highest BCUT2D eigenvalue weighted by atomic mass is 35.5. The molecule has 3 aromatic carbocycles. The highest BCUT2D eigenvalue weighted by Crippen LogP contribution is 2.24. The third kappa shape index (κ3) is 18.8. The Bertz CT molecular complexity index is 2820. The number of nitrogens with two attached hydrogens (primary N) is 8. The van der Waals surface area contributed by atoms with E-state index in [4.69, 9.17) is 57.5 Å². The van der Waals surface area contributed by atoms with E-state index >= 15 is 0 Å². The first kappa shape index (κ1) is 57.9. The van der Waals surface area contributed by atoms with E-state index in [9.17, 15) is 28.8 Å². The molecule has 0 saturated heterocycles. The molecule has 0 aliphatic rings. The third-order valence-corrected chi connectivity index (χ3v) is 13.2. The van der Waals surface area contributed by atoms with Crippen LogP contribution in [0.4, 0.5) is 0 Å². The number of guanidine groups is 3. The second-order valence-electron chi connectivity index (χ2n) is 17.6. The number of hydrogen-bond donors (Lipinski definition) is 15. The number of nitrogens with one attached hydrogen (secondary N) is 7. The number of aromatic amines is 2. The SMILES string of the molecule is NC(=O)[C@H](CCCN=C(N)N)NC(=O)[C@H](Cc1c[nH]c2ccccc12)NC(=O)[C@H](CSc1ccc(Cl)cc1)NC(=O)[C@H](Cc1c[nH]c2ccccc12)NC(=O)[C@H](CCCN=C(N)N)NC(=O)[C@@H](N)CCCN=C(N)N. The molecule has 6 atom stereocenters. The third-order valence-electron chi connectivity index (χ3n) is 11.8. The van der Waals surface area contributed by atoms with Crippen molar-refractivity contribution in [2.75, 3.05) is 25.4 Å². The molecule has 2 aromatic heterocycles. The summed E-state index contributed by atoms with van der Waals surface area (Å²) in [6.07, 6.45) is 4.49. The van der Waals surface area contributed by atoms with Crippen LogP contribution < -0.4 is 72.5 Å². The molecule has 23 N–H and O–H groups in total. The molecular formula is C49H67ClN18O6S. The summed E-state index contributed by atoms with van der Waals surface area (Å²) >= 11 is 7.41. The van der Waals surface area contributed by atoms with Crippen molar-refractivity contribution in [3.63, 3.8) is 0 Å². The van der Waals surface area contributed by atoms with Crippen molar-refractivity contribution in [3.8, 4) is 0 Å². The Morgan fingerprint density at radius 1 is 0.507 bits per heavy atom. The maximum Gasteiger partial charge on any atom is 0.244 e. The Morgan fingerprint density at radius 2 is 0.907 bits per heavy atom. The maximum atomic E-state index is 14.9. The van der Waals surface area contributed by atoms with Crippen molar-refractivity contribution >= 4 is 98.5 Å². The average molecular weight is 1070 g/mol. The molecule has 0 bridgehead atoms. The van der Waals surface area contributed by atoms with Crippen LogP contribution in [0.2, 0.25) is 5.02 Å². The Balaban J connectivity index is 1.47. The van der Waals surface area contributed by atoms with Gasteiger partial charge < -0.3 is 82.4 Å². The molecule has 6 amide bonds. The van der Waals surface area contributed by atoms with Gasteiger partial charge in [0.05, 0.1) is 6.04 Å². The van der Waals surface area contributed by atoms with Crippen LogP contribution in [-0.4, -0.2) is 125 Å². The Labute approximate surface area is 442 Å². The number of amides is 6. The molecule has 26 heteroatoms. The number of halogens is 1. The zero-order chi connectivity index (χ0) is 54.4. The number of rotatable bonds is 30. The van der Waals surface area contributed by atoms with Gasteiger partial charge in [-0.25, -0.2) is 0 Å². The van der Waals surface area contributed by atoms with E-state index in [-0.39, 0.29) is 88.2 Å². The van der Waals surface area contributed by atoms with E-state index in [1.807, 2.05) is 48.5 Å². The summed E-state index contributed by atoms with van der Waals surface area (Å²) in [5.74, 6) is -4.99. The van der Waals surface area contributed by atoms with E-state index in [0.29, 0.717) is 27.5 Å². The van der Waals surface area contributed by atoms with Gasteiger partial charge in [0.25, 0.3) is 0 Å². The predicted molar refractivity (Wildman–Crippen MR) is 293 cm³/mol. The van der Waals surface area contributed by atoms with E-state index in [1.165, 1.54) is 11.8 Å². The summed E-state index contributed by atoms with van der Waals surface area (Å²) in [6.45, 7) is 0.511. The lowest BCUT2D eigenvalue weighted by molar-refractivity contribution is -0.134. The minimum Gasteiger partial charge on any atom is -0.370 e. The lowest BCUT2D eigenvalue weighted by Crippen LogP contribution is -2.60. The lowest BCUT2D eigenvalue weighted by Gasteiger charge is -2.27. The van der Waals surface area contributed by atoms with Gasteiger partial charge in [0.15, 0.2) is 17.9 Å². The second-order valence-corrected chi connectivity index (χ2v) is 19.1. The number of benzene rings is 3. The van der Waals surface area contributed by atoms with Crippen molar-refractivity contribution in [2.45, 2.75) is 92.5 Å². The zero-order valence-corrected chi connectivity index (χ0v) is 42.8. The lowest BCUT2D eigenvalue weighted by atomic mass is 10.0. The summed E-state index contributed by atoms with van der Waals surface area (Å²) in [6, 6.07) is 14.1. The van der Waals surface area contributed by atoms with Crippen molar-refractivity contribution in [1.82, 2.24) is 36.6 Å². The highest BCUT2D eigenvalue weighted by Gasteiger charge is 2.34. The Morgan fingerprint density at radius 3 is 1.39 bits per heavy atom. The minimum absolute atomic E-state index is 0.0338. The number of aliphatic imine (C=N–C) groups is 3. The Kier molecular flexibility index (Phi) is 22.4. The molecular weight excluding hydrogens is 1000 g/mol. The smallest absolute Gasteiger partial charge is 0.244 e. The highest BCUT2D eigenvalue weighted by molar-refractivity contribution is 7.99. The summed E-state index contributed by atoms with van der Waals surface area (Å²) in [5.41, 5.74) is 47.7. The zero-order valence-electron chi connectivity index (χ0n) is 41.2. The van der Waals surface area contributed by atoms with Gasteiger partial charge in [-0.1, -0.05) is 48.0 Å². The number of hydrogen-bond acceptors (Lipinski definition) is 11. The largest absolute Gasteiger partial charge is 0.370 e. The molecule has 0 radical (unpaired) electrons. The number of fused-ring (bicyclic) bond motifs is 2. The number of thioether (sulfide) groups is 1. The number of carbonyl (C=O) groups is 6. The van der Waals surface area contributed by atoms with Gasteiger partial charge in [-0.3, -0.25) is 43.7 Å². The number of para-hydroxylation sites is 2. The molecule has 2 heterocycles. The number of aromatic nitrogens is 2. The average Bonchev–Trinajstić information content (AvgIpc) is 3.98. The predicted octanol–water partition coefficient (Wildman–Crippen LogP) is -0.722. The van der Waals surface area contributed by atoms with Crippen LogP contribution in [0.25, 0.3) is 21.8 Å². The van der Waals surface area contributed by atoms with Crippen molar-refractivity contribution in [3.05, 3.63) is 101 Å². The number of H-pyrrole nitrogens is 2. The molecule has 24 nitrogen and oxygen atoms in total. The van der Waals surface area contributed by atoms with Crippen LogP contribution in [0.1, 0.15) is 49.7 Å². The standard InChI is InChI=1S/C49H67ClN18O6S/c50-29-15-17-30(18-16-29)75-26-40(46(74)67-38(22-27-24-62-34-11-3-1-8-31(27)34)44(72)64-36(41(52)69)13-6-20-60-48(55)56)68-45(73)39(23-28-25-63-35-12-4-2-9-32(28)35)66-43(71)37(14-7-21-61-49(57)58)65-42(70)33(51)10-5-19-59-47(53)54/h1-4,8-9,11-12,15-18,24-25,33,36-40,62-63H,5-7,10,13-14,19-23,26,51H2,(H2,52,69)(H,64,72)(H,65,70)(H,66,71)(H,67,74)(H,68,73)(H4,53,54,59)(H4,55,56,60)(H4,57,58,61)/t33-,36-,37-,38-,39-,40-/m0/s1. The van der Waals surface area contributed by atoms with Gasteiger partial charge >= 0.3 is 0 Å². The molecule has 0 aliphatic heterocycles. The van der Waals surface area contributed by atoms with Crippen molar-refractivity contribution in [1.29, 1.82) is 0 Å². The van der Waals surface area contributed by atoms with Crippen LogP contribution in [0.5, 0.6) is 0 Å². The molecule has 0 unspecified atom stereocenters. The number of carbonyl (C=O) groups excluding carboxylic acids is 6. The molecule has 0 spiro atoms. The maximum absolute atomic E-state index is 14.9. The molecule has 0 saturated carbocycles. The molecule has 0 aliphatic carbocycles. The molecule has 5 rings (SSSR count). The number of primary amides is 1. The van der Waals surface area contributed by atoms with Crippen LogP contribution in [-0.2, 0) is 41.6 Å². The number of nitrogens with zero attached hydrogens (tertiary/aromatic N) is 3. The van der Waals surface area contributed by atoms with Gasteiger partial charge in [0, 0.05) is 82.3 Å². The van der Waals surface area contributed by atoms with Crippen LogP contribution in [0, 0.1) is 0 Å². The van der Waals surface area contributed by atoms with Crippen LogP contribution >= 0.6 is 23.4 Å². The topological polar surface area (TPSA) is 439 Å². The van der Waals surface area contributed by atoms with Crippen LogP contribution in [0.15, 0.2) is 105 Å². The first-order chi connectivity index (χ1) is 35.9. The van der Waals surface area contributed by atoms with Crippen LogP contribution in [0.3, 0.4) is 0 Å². The fourth-order valence-corrected chi connectivity index (χ4v) is 8.98. The first-order valence-electron chi connectivity index (χ1n) is 24.1. The molecule has 0 fully saturated rings. The van der Waals surface area contributed by atoms with E-state index < -0.39 is 71.7 Å². The molecule has 5 aromatic rings. The quantitative estimate of drug-likeness (QED) is 0.0117. The summed E-state index contributed by atoms with van der Waals surface area (Å²) in [7, 11) is 0. The van der Waals surface area contributed by atoms with Gasteiger partial charge in [-0.05, 0) is 86.1 Å². The summed E-state index contributed by atoms with van der Waals surface area (Å²) in [5, 5.41) is 15.9. The first-order valence-corrected chi connectivity index (χ1v) is 25.5. The fraction of sp³-hybridized carbons (Fsp3) is 0.367. The van der Waals surface area contributed by atoms with Crippen molar-refractivity contribution < 1.29 is 28.8 Å². The summed E-state index contributed by atoms with van der Waals surface area (Å²) in [4.78, 5) is 104. The monoisotopic (exact) mass is 1070 g/mol. The fourth-order valence-electron chi connectivity index (χ4n) is 7.93. The Hall–Kier alpha value is -8.03. The van der Waals surface area contributed by atoms with Gasteiger partial charge in [0.2, 0.25) is 35.4 Å². The summed E-state index contributed by atoms with van der Waals surface area (Å²) < 4.78 is 0. The van der Waals surface area contributed by atoms with Gasteiger partial charge in [0.1, 0.15) is 30.2 Å². The molecule has 402 valence electrons. The van der Waals surface area contributed by atoms with E-state index in [1.54, 1.807) is 36.7 Å². The minimum atomic E-state index is -1.36. The molecule has 75 heavy (non-hydrogen) atoms. The van der Waals surface area contributed by atoms with Gasteiger partial charge in [-0.2, -0.15) is 0 Å². The van der Waals surface area contributed by atoms with Crippen molar-refractivity contribution in [2.24, 2.45) is 60.8 Å². The normalized spacial score (nSPS) is 13.5. The van der Waals surface area contributed by atoms with Gasteiger partial charge in [-0.15, -0.1) is 11.8 Å². The van der Waals surface area contributed by atoms with E-state index in [2.05, 4.69) is 51.5 Å². The van der Waals surface area contributed by atoms with E-state index in [0.717, 1.165) is 21.8 Å². The second kappa shape index (κ2) is 29.0.